The van der Waals surface area contributed by atoms with Gasteiger partial charge in [0, 0.05) is 0 Å². The van der Waals surface area contributed by atoms with Crippen molar-refractivity contribution in [3.05, 3.63) is 35.9 Å². The van der Waals surface area contributed by atoms with Crippen molar-refractivity contribution in [2.75, 3.05) is 0 Å². The third-order valence-corrected chi connectivity index (χ3v) is 4.87. The van der Waals surface area contributed by atoms with Crippen LogP contribution in [0.25, 0.3) is 0 Å². The molecule has 4 nitrogen and oxygen atoms in total. The first-order valence-corrected chi connectivity index (χ1v) is 9.55. The molecule has 0 unspecified atom stereocenters. The molecule has 0 heterocycles. The fourth-order valence-corrected chi connectivity index (χ4v) is 2.53. The van der Waals surface area contributed by atoms with Crippen molar-refractivity contribution in [1.82, 2.24) is 0 Å². The Bertz CT molecular complexity index is 1140. The summed E-state index contributed by atoms with van der Waals surface area (Å²) in [6.45, 7) is 0. The molecular weight excluding hydrogens is 638 g/mol. The van der Waals surface area contributed by atoms with Crippen LogP contribution in [0, 0.1) is 0 Å². The molecule has 1 aromatic rings. The molecule has 0 N–H and O–H groups in total. The Morgan fingerprint density at radius 2 is 1.00 bits per heavy atom. The first-order valence-electron chi connectivity index (χ1n) is 8.15. The molecule has 0 fully saturated rings. The van der Waals surface area contributed by atoms with Crippen LogP contribution in [-0.4, -0.2) is 54.9 Å². The van der Waals surface area contributed by atoms with Crippen molar-refractivity contribution in [3.8, 4) is 5.75 Å². The van der Waals surface area contributed by atoms with Gasteiger partial charge in [0.25, 0.3) is 0 Å². The number of halogens is 17. The maximum absolute atomic E-state index is 13.7. The number of hydrogen-bond donors (Lipinski definition) is 0. The molecule has 0 saturated heterocycles. The van der Waals surface area contributed by atoms with Crippen LogP contribution < -0.4 is 56.1 Å². The molecule has 214 valence electrons. The molecule has 0 radical (unpaired) electrons. The van der Waals surface area contributed by atoms with Crippen LogP contribution in [0.1, 0.15) is 0 Å². The van der Waals surface area contributed by atoms with Crippen molar-refractivity contribution in [3.63, 3.8) is 0 Å². The van der Waals surface area contributed by atoms with E-state index >= 15 is 0 Å². The van der Waals surface area contributed by atoms with Crippen molar-refractivity contribution in [1.29, 1.82) is 0 Å². The molecule has 0 spiro atoms. The summed E-state index contributed by atoms with van der Waals surface area (Å²) in [7, 11) is -5.33. The minimum absolute atomic E-state index is 0. The third-order valence-electron chi connectivity index (χ3n) is 4.02. The first-order chi connectivity index (χ1) is 16.0. The van der Waals surface area contributed by atoms with Crippen molar-refractivity contribution < 1.29 is 144 Å². The Labute approximate surface area is 241 Å². The quantitative estimate of drug-likeness (QED) is 0.235. The van der Waals surface area contributed by atoms with Gasteiger partial charge >= 0.3 is 93.3 Å². The van der Waals surface area contributed by atoms with Crippen LogP contribution in [0.2, 0.25) is 0 Å². The van der Waals surface area contributed by atoms with E-state index in [1.165, 1.54) is 0 Å². The SMILES string of the molecule is O=S(=O)([O-])c1ccc(OC(F)(F)C(F)(F)C(F)(F)C(F)(F)C(F)(F)C(F)(F)/C(F)=C(\F)C(F)(F)F)cc1.[K+]. The van der Waals surface area contributed by atoms with Gasteiger partial charge < -0.3 is 9.29 Å². The van der Waals surface area contributed by atoms with Crippen LogP contribution in [0.5, 0.6) is 5.75 Å². The molecule has 0 aliphatic carbocycles. The predicted molar refractivity (Wildman–Crippen MR) is 80.0 cm³/mol. The summed E-state index contributed by atoms with van der Waals surface area (Å²) < 4.78 is 259. The van der Waals surface area contributed by atoms with Gasteiger partial charge in [-0.1, -0.05) is 0 Å². The van der Waals surface area contributed by atoms with Gasteiger partial charge in [-0.05, 0) is 24.3 Å². The van der Waals surface area contributed by atoms with Crippen LogP contribution in [0.15, 0.2) is 40.8 Å². The second-order valence-corrected chi connectivity index (χ2v) is 7.92. The molecule has 0 bridgehead atoms. The number of rotatable bonds is 9. The maximum atomic E-state index is 13.7. The van der Waals surface area contributed by atoms with Gasteiger partial charge in [-0.2, -0.15) is 70.2 Å². The smallest absolute Gasteiger partial charge is 0.744 e. The molecule has 0 amide bonds. The molecule has 23 heteroatoms. The zero-order valence-electron chi connectivity index (χ0n) is 17.3. The number of alkyl halides is 15. The van der Waals surface area contributed by atoms with E-state index in [9.17, 15) is 87.6 Å². The Morgan fingerprint density at radius 1 is 0.632 bits per heavy atom. The fraction of sp³-hybridized carbons (Fsp3) is 0.467. The van der Waals surface area contributed by atoms with Crippen molar-refractivity contribution in [2.24, 2.45) is 0 Å². The van der Waals surface area contributed by atoms with E-state index < -0.39 is 74.3 Å². The van der Waals surface area contributed by atoms with E-state index in [0.717, 1.165) is 0 Å². The van der Waals surface area contributed by atoms with E-state index in [1.807, 2.05) is 0 Å². The molecule has 38 heavy (non-hydrogen) atoms. The number of ether oxygens (including phenoxy) is 1. The normalized spacial score (nSPS) is 15.5. The monoisotopic (exact) mass is 642 g/mol. The molecule has 1 aromatic carbocycles. The zero-order valence-corrected chi connectivity index (χ0v) is 21.2. The molecule has 0 aromatic heterocycles. The molecule has 1 rings (SSSR count). The third kappa shape index (κ3) is 6.21. The summed E-state index contributed by atoms with van der Waals surface area (Å²) in [6.07, 6.45) is -14.1. The Kier molecular flexibility index (Phi) is 10.6. The number of benzene rings is 1. The molecule has 0 aliphatic rings. The van der Waals surface area contributed by atoms with E-state index in [-0.39, 0.29) is 75.7 Å². The van der Waals surface area contributed by atoms with E-state index in [1.54, 1.807) is 0 Å². The minimum Gasteiger partial charge on any atom is -0.744 e. The maximum Gasteiger partial charge on any atom is 1.00 e. The van der Waals surface area contributed by atoms with E-state index in [2.05, 4.69) is 4.74 Å². The first kappa shape index (κ1) is 37.1. The second kappa shape index (κ2) is 10.8. The average Bonchev–Trinajstić information content (AvgIpc) is 2.70. The number of allylic oxidation sites excluding steroid dienone is 2. The number of hydrogen-bond acceptors (Lipinski definition) is 4. The summed E-state index contributed by atoms with van der Waals surface area (Å²) in [5, 5.41) is 0. The van der Waals surface area contributed by atoms with Gasteiger partial charge in [0.2, 0.25) is 11.7 Å². The zero-order chi connectivity index (χ0) is 29.8. The largest absolute Gasteiger partial charge is 1.00 e. The van der Waals surface area contributed by atoms with E-state index in [0.29, 0.717) is 0 Å². The summed E-state index contributed by atoms with van der Waals surface area (Å²) in [6, 6.07) is -0.267. The van der Waals surface area contributed by atoms with Gasteiger partial charge in [-0.15, -0.1) is 0 Å². The van der Waals surface area contributed by atoms with Crippen LogP contribution >= 0.6 is 0 Å². The van der Waals surface area contributed by atoms with Gasteiger partial charge in [0.1, 0.15) is 15.9 Å². The summed E-state index contributed by atoms with van der Waals surface area (Å²) in [5.74, 6) is -53.3. The van der Waals surface area contributed by atoms with E-state index in [4.69, 9.17) is 0 Å². The molecular formula is C15H4F17KO4S. The molecule has 0 atom stereocenters. The second-order valence-electron chi connectivity index (χ2n) is 6.54. The summed E-state index contributed by atoms with van der Waals surface area (Å²) >= 11 is 0. The van der Waals surface area contributed by atoms with Crippen molar-refractivity contribution >= 4 is 10.1 Å². The van der Waals surface area contributed by atoms with Crippen LogP contribution in [0.3, 0.4) is 0 Å². The van der Waals surface area contributed by atoms with Crippen LogP contribution in [0.4, 0.5) is 74.6 Å². The van der Waals surface area contributed by atoms with Gasteiger partial charge in [0.15, 0.2) is 0 Å². The van der Waals surface area contributed by atoms with Crippen molar-refractivity contribution in [2.45, 2.75) is 46.8 Å². The fourth-order valence-electron chi connectivity index (χ4n) is 2.06. The molecule has 0 aliphatic heterocycles. The summed E-state index contributed by atoms with van der Waals surface area (Å²) in [5.41, 5.74) is 0. The topological polar surface area (TPSA) is 66.4 Å². The average molecular weight is 642 g/mol. The predicted octanol–water partition coefficient (Wildman–Crippen LogP) is 3.46. The van der Waals surface area contributed by atoms with Gasteiger partial charge in [0.05, 0.1) is 4.90 Å². The minimum atomic E-state index is -8.57. The standard InChI is InChI=1S/C15H5F17O4S.K/c16-7(8(17)10(20,21)22)9(18,19)11(23,24)12(25,26)13(27,28)14(29,30)15(31,32)36-5-1-3-6(4-2-5)37(33,34)35;/h1-4H,(H,33,34,35);/q;+1/p-1/b8-7+;. The summed E-state index contributed by atoms with van der Waals surface area (Å²) in [4.78, 5) is -1.28. The van der Waals surface area contributed by atoms with Gasteiger partial charge in [-0.25, -0.2) is 12.8 Å². The Hall–Kier alpha value is -0.884. The Balaban J connectivity index is 0.0000137. The van der Waals surface area contributed by atoms with Crippen LogP contribution in [-0.2, 0) is 10.1 Å². The Morgan fingerprint density at radius 3 is 1.34 bits per heavy atom. The van der Waals surface area contributed by atoms with Gasteiger partial charge in [-0.3, -0.25) is 0 Å². The molecule has 0 saturated carbocycles.